The number of hydrogen-bond acceptors (Lipinski definition) is 3. The molecule has 0 aliphatic carbocycles. The Hall–Kier alpha value is -1.55. The van der Waals surface area contributed by atoms with Crippen LogP contribution in [0.5, 0.6) is 5.75 Å². The molecule has 4 nitrogen and oxygen atoms in total. The summed E-state index contributed by atoms with van der Waals surface area (Å²) in [5.74, 6) is 0.404. The standard InChI is InChI=1S/C13H19NO3/c1-3-11(15)10-7-5-6-8-12(10)17-9-13(16)14-4-2/h5-8,11,15H,3-4,9H2,1-2H3,(H,14,16). The molecule has 1 aromatic carbocycles. The van der Waals surface area contributed by atoms with Crippen molar-refractivity contribution in [2.75, 3.05) is 13.2 Å². The van der Waals surface area contributed by atoms with Gasteiger partial charge in [-0.15, -0.1) is 0 Å². The average molecular weight is 237 g/mol. The zero-order chi connectivity index (χ0) is 12.7. The fourth-order valence-electron chi connectivity index (χ4n) is 1.50. The molecule has 0 fully saturated rings. The molecule has 0 aliphatic heterocycles. The molecule has 17 heavy (non-hydrogen) atoms. The minimum atomic E-state index is -0.555. The van der Waals surface area contributed by atoms with Crippen molar-refractivity contribution in [3.05, 3.63) is 29.8 Å². The molecule has 0 spiro atoms. The molecule has 0 aromatic heterocycles. The van der Waals surface area contributed by atoms with Gasteiger partial charge in [-0.1, -0.05) is 25.1 Å². The van der Waals surface area contributed by atoms with E-state index in [-0.39, 0.29) is 12.5 Å². The van der Waals surface area contributed by atoms with Crippen molar-refractivity contribution in [3.63, 3.8) is 0 Å². The SMILES string of the molecule is CCNC(=O)COc1ccccc1C(O)CC. The monoisotopic (exact) mass is 237 g/mol. The van der Waals surface area contributed by atoms with Crippen LogP contribution in [0.3, 0.4) is 0 Å². The van der Waals surface area contributed by atoms with Crippen LogP contribution in [0.4, 0.5) is 0 Å². The summed E-state index contributed by atoms with van der Waals surface area (Å²) in [6.07, 6.45) is 0.0575. The van der Waals surface area contributed by atoms with E-state index in [2.05, 4.69) is 5.32 Å². The lowest BCUT2D eigenvalue weighted by Crippen LogP contribution is -2.28. The van der Waals surface area contributed by atoms with Gasteiger partial charge in [-0.2, -0.15) is 0 Å². The van der Waals surface area contributed by atoms with Gasteiger partial charge in [-0.3, -0.25) is 4.79 Å². The molecule has 2 N–H and O–H groups in total. The first kappa shape index (κ1) is 13.5. The summed E-state index contributed by atoms with van der Waals surface area (Å²) >= 11 is 0. The van der Waals surface area contributed by atoms with Crippen LogP contribution in [-0.4, -0.2) is 24.2 Å². The van der Waals surface area contributed by atoms with E-state index in [0.29, 0.717) is 18.7 Å². The van der Waals surface area contributed by atoms with E-state index < -0.39 is 6.10 Å². The molecule has 0 aliphatic rings. The molecular weight excluding hydrogens is 218 g/mol. The molecule has 1 amide bonds. The Bertz CT molecular complexity index is 365. The Morgan fingerprint density at radius 3 is 2.76 bits per heavy atom. The largest absolute Gasteiger partial charge is 0.483 e. The number of carbonyl (C=O) groups excluding carboxylic acids is 1. The summed E-state index contributed by atoms with van der Waals surface area (Å²) in [4.78, 5) is 11.3. The minimum Gasteiger partial charge on any atom is -0.483 e. The third-order valence-corrected chi connectivity index (χ3v) is 2.40. The summed E-state index contributed by atoms with van der Waals surface area (Å²) in [6.45, 7) is 4.31. The second-order valence-corrected chi connectivity index (χ2v) is 3.70. The topological polar surface area (TPSA) is 58.6 Å². The van der Waals surface area contributed by atoms with Crippen molar-refractivity contribution in [1.82, 2.24) is 5.32 Å². The maximum absolute atomic E-state index is 11.3. The maximum Gasteiger partial charge on any atom is 0.257 e. The van der Waals surface area contributed by atoms with Crippen LogP contribution in [0.1, 0.15) is 31.9 Å². The molecule has 94 valence electrons. The van der Waals surface area contributed by atoms with Crippen LogP contribution in [0, 0.1) is 0 Å². The molecule has 0 saturated heterocycles. The van der Waals surface area contributed by atoms with Gasteiger partial charge in [0.2, 0.25) is 0 Å². The third kappa shape index (κ3) is 4.07. The normalized spacial score (nSPS) is 11.9. The molecule has 0 bridgehead atoms. The highest BCUT2D eigenvalue weighted by Crippen LogP contribution is 2.26. The van der Waals surface area contributed by atoms with Crippen LogP contribution in [0.25, 0.3) is 0 Å². The van der Waals surface area contributed by atoms with Gasteiger partial charge in [-0.05, 0) is 19.4 Å². The summed E-state index contributed by atoms with van der Waals surface area (Å²) in [5, 5.41) is 12.5. The molecule has 0 radical (unpaired) electrons. The number of carbonyl (C=O) groups is 1. The molecular formula is C13H19NO3. The number of nitrogens with one attached hydrogen (secondary N) is 1. The zero-order valence-corrected chi connectivity index (χ0v) is 10.3. The first-order valence-corrected chi connectivity index (χ1v) is 5.85. The quantitative estimate of drug-likeness (QED) is 0.791. The lowest BCUT2D eigenvalue weighted by Gasteiger charge is -2.14. The van der Waals surface area contributed by atoms with Crippen LogP contribution in [0.2, 0.25) is 0 Å². The highest BCUT2D eigenvalue weighted by atomic mass is 16.5. The lowest BCUT2D eigenvalue weighted by atomic mass is 10.1. The Kier molecular flexibility index (Phi) is 5.49. The zero-order valence-electron chi connectivity index (χ0n) is 10.3. The molecule has 1 unspecified atom stereocenters. The van der Waals surface area contributed by atoms with Gasteiger partial charge in [-0.25, -0.2) is 0 Å². The van der Waals surface area contributed by atoms with Crippen molar-refractivity contribution in [2.24, 2.45) is 0 Å². The summed E-state index contributed by atoms with van der Waals surface area (Å²) in [5.41, 5.74) is 0.722. The Morgan fingerprint density at radius 1 is 1.41 bits per heavy atom. The number of para-hydroxylation sites is 1. The molecule has 1 atom stereocenters. The van der Waals surface area contributed by atoms with Crippen molar-refractivity contribution in [1.29, 1.82) is 0 Å². The number of benzene rings is 1. The lowest BCUT2D eigenvalue weighted by molar-refractivity contribution is -0.123. The van der Waals surface area contributed by atoms with Gasteiger partial charge in [0.1, 0.15) is 5.75 Å². The van der Waals surface area contributed by atoms with Crippen molar-refractivity contribution in [3.8, 4) is 5.75 Å². The maximum atomic E-state index is 11.3. The van der Waals surface area contributed by atoms with Crippen LogP contribution >= 0.6 is 0 Å². The number of amides is 1. The Morgan fingerprint density at radius 2 is 2.12 bits per heavy atom. The predicted octanol–water partition coefficient (Wildman–Crippen LogP) is 1.64. The molecule has 1 rings (SSSR count). The van der Waals surface area contributed by atoms with Crippen molar-refractivity contribution < 1.29 is 14.6 Å². The number of rotatable bonds is 6. The van der Waals surface area contributed by atoms with E-state index in [1.54, 1.807) is 12.1 Å². The van der Waals surface area contributed by atoms with Gasteiger partial charge in [0.25, 0.3) is 5.91 Å². The van der Waals surface area contributed by atoms with Gasteiger partial charge >= 0.3 is 0 Å². The van der Waals surface area contributed by atoms with Gasteiger partial charge in [0.15, 0.2) is 6.61 Å². The fourth-order valence-corrected chi connectivity index (χ4v) is 1.50. The average Bonchev–Trinajstić information content (AvgIpc) is 2.36. The number of hydrogen-bond donors (Lipinski definition) is 2. The van der Waals surface area contributed by atoms with Crippen LogP contribution < -0.4 is 10.1 Å². The molecule has 0 heterocycles. The second kappa shape index (κ2) is 6.91. The molecule has 1 aromatic rings. The highest BCUT2D eigenvalue weighted by Gasteiger charge is 2.11. The van der Waals surface area contributed by atoms with Crippen molar-refractivity contribution >= 4 is 5.91 Å². The van der Waals surface area contributed by atoms with Crippen LogP contribution in [-0.2, 0) is 4.79 Å². The predicted molar refractivity (Wildman–Crippen MR) is 65.9 cm³/mol. The Balaban J connectivity index is 2.67. The summed E-state index contributed by atoms with van der Waals surface area (Å²) in [7, 11) is 0. The van der Waals surface area contributed by atoms with Gasteiger partial charge < -0.3 is 15.2 Å². The smallest absolute Gasteiger partial charge is 0.257 e. The van der Waals surface area contributed by atoms with E-state index in [9.17, 15) is 9.90 Å². The van der Waals surface area contributed by atoms with Gasteiger partial charge in [0, 0.05) is 12.1 Å². The minimum absolute atomic E-state index is 0.0265. The number of ether oxygens (including phenoxy) is 1. The summed E-state index contributed by atoms with van der Waals surface area (Å²) < 4.78 is 5.40. The number of likely N-dealkylation sites (N-methyl/N-ethyl adjacent to an activating group) is 1. The van der Waals surface area contributed by atoms with E-state index in [1.165, 1.54) is 0 Å². The fraction of sp³-hybridized carbons (Fsp3) is 0.462. The Labute approximate surface area is 102 Å². The van der Waals surface area contributed by atoms with E-state index in [1.807, 2.05) is 26.0 Å². The summed E-state index contributed by atoms with van der Waals surface area (Å²) in [6, 6.07) is 7.22. The third-order valence-electron chi connectivity index (χ3n) is 2.40. The van der Waals surface area contributed by atoms with E-state index in [0.717, 1.165) is 5.56 Å². The van der Waals surface area contributed by atoms with E-state index >= 15 is 0 Å². The van der Waals surface area contributed by atoms with Gasteiger partial charge in [0.05, 0.1) is 6.10 Å². The number of aliphatic hydroxyl groups is 1. The van der Waals surface area contributed by atoms with E-state index in [4.69, 9.17) is 4.74 Å². The molecule has 0 saturated carbocycles. The van der Waals surface area contributed by atoms with Crippen LogP contribution in [0.15, 0.2) is 24.3 Å². The van der Waals surface area contributed by atoms with Crippen molar-refractivity contribution in [2.45, 2.75) is 26.4 Å². The number of aliphatic hydroxyl groups excluding tert-OH is 1. The highest BCUT2D eigenvalue weighted by molar-refractivity contribution is 5.77. The second-order valence-electron chi connectivity index (χ2n) is 3.70. The molecule has 4 heteroatoms. The first-order valence-electron chi connectivity index (χ1n) is 5.85. The first-order chi connectivity index (χ1) is 8.19.